The second-order valence-corrected chi connectivity index (χ2v) is 2.72. The summed E-state index contributed by atoms with van der Waals surface area (Å²) in [6.45, 7) is 7.44. The summed E-state index contributed by atoms with van der Waals surface area (Å²) in [7, 11) is 0. The molecular formula is C9H22OS. The van der Waals surface area contributed by atoms with Crippen LogP contribution >= 0.6 is 11.8 Å². The Bertz CT molecular complexity index is 64.6. The SMILES string of the molecule is C.C.C=CSCCOCCC. The Balaban J connectivity index is -0.000000320. The van der Waals surface area contributed by atoms with Gasteiger partial charge in [-0.25, -0.2) is 0 Å². The Hall–Kier alpha value is 0.0500. The van der Waals surface area contributed by atoms with Gasteiger partial charge in [0.05, 0.1) is 6.61 Å². The molecule has 0 radical (unpaired) electrons. The third-order valence-electron chi connectivity index (χ3n) is 0.812. The zero-order chi connectivity index (χ0) is 6.95. The standard InChI is InChI=1S/C7H14OS.2CH4/c1-3-5-8-6-7-9-4-2;;/h4H,2-3,5-7H2,1H3;2*1H4. The minimum atomic E-state index is 0. The third-order valence-corrected chi connectivity index (χ3v) is 1.45. The van der Waals surface area contributed by atoms with Gasteiger partial charge < -0.3 is 4.74 Å². The van der Waals surface area contributed by atoms with E-state index in [0.29, 0.717) is 0 Å². The molecule has 0 aromatic rings. The smallest absolute Gasteiger partial charge is 0.0559 e. The van der Waals surface area contributed by atoms with E-state index < -0.39 is 0 Å². The van der Waals surface area contributed by atoms with Crippen LogP contribution in [0.5, 0.6) is 0 Å². The van der Waals surface area contributed by atoms with Crippen LogP contribution in [0.2, 0.25) is 0 Å². The average molecular weight is 178 g/mol. The summed E-state index contributed by atoms with van der Waals surface area (Å²) >= 11 is 1.70. The first kappa shape index (κ1) is 17.2. The van der Waals surface area contributed by atoms with Gasteiger partial charge in [0, 0.05) is 12.4 Å². The Labute approximate surface area is 76.2 Å². The molecule has 2 heteroatoms. The van der Waals surface area contributed by atoms with Crippen molar-refractivity contribution < 1.29 is 4.74 Å². The Kier molecular flexibility index (Phi) is 25.9. The number of ether oxygens (including phenoxy) is 1. The number of hydrogen-bond acceptors (Lipinski definition) is 2. The lowest BCUT2D eigenvalue weighted by Crippen LogP contribution is -1.96. The maximum absolute atomic E-state index is 5.22. The molecule has 0 fully saturated rings. The van der Waals surface area contributed by atoms with Crippen molar-refractivity contribution >= 4 is 11.8 Å². The van der Waals surface area contributed by atoms with E-state index in [4.69, 9.17) is 4.74 Å². The van der Waals surface area contributed by atoms with Gasteiger partial charge in [0.1, 0.15) is 0 Å². The van der Waals surface area contributed by atoms with E-state index in [-0.39, 0.29) is 14.9 Å². The first-order valence-corrected chi connectivity index (χ1v) is 4.27. The van der Waals surface area contributed by atoms with Crippen LogP contribution in [0.25, 0.3) is 0 Å². The van der Waals surface area contributed by atoms with Crippen LogP contribution in [0.1, 0.15) is 28.2 Å². The minimum absolute atomic E-state index is 0. The van der Waals surface area contributed by atoms with E-state index in [2.05, 4.69) is 13.5 Å². The molecule has 0 rings (SSSR count). The van der Waals surface area contributed by atoms with Crippen molar-refractivity contribution in [2.45, 2.75) is 28.2 Å². The van der Waals surface area contributed by atoms with Crippen LogP contribution in [0.15, 0.2) is 12.0 Å². The molecular weight excluding hydrogens is 156 g/mol. The topological polar surface area (TPSA) is 9.23 Å². The van der Waals surface area contributed by atoms with Crippen molar-refractivity contribution in [1.29, 1.82) is 0 Å². The molecule has 11 heavy (non-hydrogen) atoms. The zero-order valence-corrected chi connectivity index (χ0v) is 6.75. The maximum Gasteiger partial charge on any atom is 0.0559 e. The largest absolute Gasteiger partial charge is 0.381 e. The molecule has 0 aromatic heterocycles. The molecule has 0 saturated heterocycles. The molecule has 0 bridgehead atoms. The van der Waals surface area contributed by atoms with Gasteiger partial charge in [0.2, 0.25) is 0 Å². The van der Waals surface area contributed by atoms with Gasteiger partial charge in [-0.3, -0.25) is 0 Å². The van der Waals surface area contributed by atoms with E-state index in [1.54, 1.807) is 11.8 Å². The highest BCUT2D eigenvalue weighted by molar-refractivity contribution is 8.02. The Morgan fingerprint density at radius 2 is 2.00 bits per heavy atom. The van der Waals surface area contributed by atoms with Crippen molar-refractivity contribution in [3.05, 3.63) is 12.0 Å². The van der Waals surface area contributed by atoms with Gasteiger partial charge >= 0.3 is 0 Å². The first-order valence-electron chi connectivity index (χ1n) is 3.22. The third kappa shape index (κ3) is 17.8. The highest BCUT2D eigenvalue weighted by Gasteiger charge is 1.83. The molecule has 0 aliphatic heterocycles. The molecule has 0 aromatic carbocycles. The second-order valence-electron chi connectivity index (χ2n) is 1.65. The molecule has 0 saturated carbocycles. The fourth-order valence-corrected chi connectivity index (χ4v) is 0.818. The Morgan fingerprint density at radius 3 is 2.45 bits per heavy atom. The summed E-state index contributed by atoms with van der Waals surface area (Å²) in [4.78, 5) is 0. The highest BCUT2D eigenvalue weighted by Crippen LogP contribution is 1.98. The Morgan fingerprint density at radius 1 is 1.36 bits per heavy atom. The van der Waals surface area contributed by atoms with Crippen LogP contribution < -0.4 is 0 Å². The van der Waals surface area contributed by atoms with Crippen LogP contribution in [0.3, 0.4) is 0 Å². The molecule has 0 aliphatic carbocycles. The lowest BCUT2D eigenvalue weighted by Gasteiger charge is -1.98. The quantitative estimate of drug-likeness (QED) is 0.575. The second kappa shape index (κ2) is 16.6. The van der Waals surface area contributed by atoms with E-state index in [1.807, 2.05) is 5.41 Å². The molecule has 0 atom stereocenters. The van der Waals surface area contributed by atoms with E-state index in [0.717, 1.165) is 25.4 Å². The first-order chi connectivity index (χ1) is 4.41. The van der Waals surface area contributed by atoms with Crippen molar-refractivity contribution in [2.75, 3.05) is 19.0 Å². The van der Waals surface area contributed by atoms with E-state index in [9.17, 15) is 0 Å². The van der Waals surface area contributed by atoms with Crippen LogP contribution in [-0.4, -0.2) is 19.0 Å². The highest BCUT2D eigenvalue weighted by atomic mass is 32.2. The van der Waals surface area contributed by atoms with Gasteiger partial charge in [-0.1, -0.05) is 28.4 Å². The van der Waals surface area contributed by atoms with Crippen molar-refractivity contribution in [1.82, 2.24) is 0 Å². The molecule has 0 heterocycles. The van der Waals surface area contributed by atoms with Gasteiger partial charge in [0.15, 0.2) is 0 Å². The van der Waals surface area contributed by atoms with Gasteiger partial charge in [-0.05, 0) is 11.8 Å². The predicted octanol–water partition coefficient (Wildman–Crippen LogP) is 3.56. The molecule has 0 spiro atoms. The van der Waals surface area contributed by atoms with Gasteiger partial charge in [-0.15, -0.1) is 11.8 Å². The summed E-state index contributed by atoms with van der Waals surface area (Å²) in [5.74, 6) is 1.03. The molecule has 1 nitrogen and oxygen atoms in total. The summed E-state index contributed by atoms with van der Waals surface area (Å²) in [6, 6.07) is 0. The average Bonchev–Trinajstić information content (AvgIpc) is 1.89. The van der Waals surface area contributed by atoms with Gasteiger partial charge in [-0.2, -0.15) is 0 Å². The van der Waals surface area contributed by atoms with Crippen LogP contribution in [0, 0.1) is 0 Å². The fraction of sp³-hybridized carbons (Fsp3) is 0.778. The summed E-state index contributed by atoms with van der Waals surface area (Å²) < 4.78 is 5.22. The molecule has 0 amide bonds. The summed E-state index contributed by atoms with van der Waals surface area (Å²) in [5.41, 5.74) is 0. The van der Waals surface area contributed by atoms with Crippen LogP contribution in [-0.2, 0) is 4.74 Å². The number of thioether (sulfide) groups is 1. The monoisotopic (exact) mass is 178 g/mol. The predicted molar refractivity (Wildman–Crippen MR) is 57.2 cm³/mol. The number of hydrogen-bond donors (Lipinski definition) is 0. The van der Waals surface area contributed by atoms with Gasteiger partial charge in [0.25, 0.3) is 0 Å². The van der Waals surface area contributed by atoms with E-state index >= 15 is 0 Å². The lowest BCUT2D eigenvalue weighted by atomic mass is 10.5. The fourth-order valence-electron chi connectivity index (χ4n) is 0.437. The normalized spacial score (nSPS) is 7.73. The molecule has 0 unspecified atom stereocenters. The van der Waals surface area contributed by atoms with Crippen molar-refractivity contribution in [2.24, 2.45) is 0 Å². The van der Waals surface area contributed by atoms with Crippen LogP contribution in [0.4, 0.5) is 0 Å². The maximum atomic E-state index is 5.22. The number of rotatable bonds is 6. The molecule has 0 aliphatic rings. The summed E-state index contributed by atoms with van der Waals surface area (Å²) in [5, 5.41) is 1.84. The molecule has 0 N–H and O–H groups in total. The van der Waals surface area contributed by atoms with Crippen molar-refractivity contribution in [3.8, 4) is 0 Å². The van der Waals surface area contributed by atoms with Crippen molar-refractivity contribution in [3.63, 3.8) is 0 Å². The van der Waals surface area contributed by atoms with E-state index in [1.165, 1.54) is 0 Å². The molecule has 70 valence electrons. The minimum Gasteiger partial charge on any atom is -0.381 e. The zero-order valence-electron chi connectivity index (χ0n) is 5.93. The summed E-state index contributed by atoms with van der Waals surface area (Å²) in [6.07, 6.45) is 1.11. The lowest BCUT2D eigenvalue weighted by molar-refractivity contribution is 0.151.